The van der Waals surface area contributed by atoms with Gasteiger partial charge < -0.3 is 9.38 Å². The summed E-state index contributed by atoms with van der Waals surface area (Å²) < 4.78 is 4.10. The third kappa shape index (κ3) is 5.11. The van der Waals surface area contributed by atoms with E-state index in [1.807, 2.05) is 11.3 Å². The highest BCUT2D eigenvalue weighted by Crippen LogP contribution is 2.54. The highest BCUT2D eigenvalue weighted by atomic mass is 32.1. The molecule has 0 spiro atoms. The molecule has 2 aromatic heterocycles. The summed E-state index contributed by atoms with van der Waals surface area (Å²) in [5.41, 5.74) is 16.3. The predicted molar refractivity (Wildman–Crippen MR) is 274 cm³/mol. The maximum atomic E-state index is 2.77. The summed E-state index contributed by atoms with van der Waals surface area (Å²) in [5, 5.41) is 13.5. The van der Waals surface area contributed by atoms with E-state index >= 15 is 0 Å². The molecule has 12 rings (SSSR count). The Balaban J connectivity index is 1.33. The summed E-state index contributed by atoms with van der Waals surface area (Å²) in [7, 11) is 0. The molecule has 4 heterocycles. The van der Waals surface area contributed by atoms with Gasteiger partial charge in [-0.25, -0.2) is 0 Å². The SMILES string of the molecule is CC(C)(C)c1ccc(N2c3sc4ccccc4c3B3c4c(c5ccc6cc(C(C)(C)C)cc7ccc(c42)c5c67)-c2cc(C(C)(C)C)cc4c5cc(C(C)(C)C)ccc5n3c24)cc1. The fourth-order valence-corrected chi connectivity index (χ4v) is 12.4. The number of fused-ring (bicyclic) bond motifs is 11. The molecule has 62 heavy (non-hydrogen) atoms. The Labute approximate surface area is 370 Å². The fraction of sp³-hybridized carbons (Fsp3) is 0.276. The number of benzene rings is 8. The van der Waals surface area contributed by atoms with E-state index in [0.717, 1.165) is 0 Å². The lowest BCUT2D eigenvalue weighted by atomic mass is 9.44. The monoisotopic (exact) mass is 822 g/mol. The van der Waals surface area contributed by atoms with Crippen LogP contribution in [0, 0.1) is 0 Å². The normalized spacial score (nSPS) is 14.4. The molecule has 306 valence electrons. The highest BCUT2D eigenvalue weighted by Gasteiger charge is 2.47. The zero-order valence-electron chi connectivity index (χ0n) is 38.3. The van der Waals surface area contributed by atoms with Gasteiger partial charge in [-0.05, 0) is 130 Å². The van der Waals surface area contributed by atoms with Gasteiger partial charge in [-0.1, -0.05) is 156 Å². The Morgan fingerprint density at radius 1 is 0.468 bits per heavy atom. The predicted octanol–water partition coefficient (Wildman–Crippen LogP) is 15.5. The summed E-state index contributed by atoms with van der Waals surface area (Å²) in [5.74, 6) is 0. The van der Waals surface area contributed by atoms with Crippen LogP contribution < -0.4 is 15.8 Å². The molecule has 2 aliphatic rings. The van der Waals surface area contributed by atoms with E-state index in [2.05, 4.69) is 208 Å². The number of hydrogen-bond donors (Lipinski definition) is 0. The van der Waals surface area contributed by atoms with Gasteiger partial charge in [0.1, 0.15) is 0 Å². The van der Waals surface area contributed by atoms with Crippen LogP contribution in [0.25, 0.3) is 75.3 Å². The van der Waals surface area contributed by atoms with Crippen molar-refractivity contribution in [1.82, 2.24) is 4.48 Å². The molecule has 2 aliphatic heterocycles. The van der Waals surface area contributed by atoms with Crippen molar-refractivity contribution < 1.29 is 0 Å². The van der Waals surface area contributed by atoms with Crippen molar-refractivity contribution in [2.45, 2.75) is 105 Å². The topological polar surface area (TPSA) is 8.17 Å². The van der Waals surface area contributed by atoms with Crippen LogP contribution in [-0.4, -0.2) is 11.3 Å². The molecule has 0 atom stereocenters. The van der Waals surface area contributed by atoms with Crippen LogP contribution in [0.5, 0.6) is 0 Å². The van der Waals surface area contributed by atoms with E-state index in [9.17, 15) is 0 Å². The molecule has 4 heteroatoms. The van der Waals surface area contributed by atoms with Crippen LogP contribution in [0.15, 0.2) is 115 Å². The first-order chi connectivity index (χ1) is 29.3. The number of rotatable bonds is 1. The second-order valence-corrected chi connectivity index (χ2v) is 23.7. The summed E-state index contributed by atoms with van der Waals surface area (Å²) in [6.45, 7) is 28.1. The minimum absolute atomic E-state index is 0.0201. The van der Waals surface area contributed by atoms with Crippen molar-refractivity contribution in [3.05, 3.63) is 138 Å². The molecule has 0 radical (unpaired) electrons. The average molecular weight is 823 g/mol. The Kier molecular flexibility index (Phi) is 7.45. The number of nitrogens with zero attached hydrogens (tertiary/aromatic N) is 2. The van der Waals surface area contributed by atoms with Gasteiger partial charge in [0.15, 0.2) is 0 Å². The van der Waals surface area contributed by atoms with Gasteiger partial charge >= 0.3 is 6.85 Å². The first-order valence-corrected chi connectivity index (χ1v) is 23.4. The van der Waals surface area contributed by atoms with Crippen LogP contribution in [-0.2, 0) is 21.7 Å². The van der Waals surface area contributed by atoms with Gasteiger partial charge in [0.2, 0.25) is 0 Å². The van der Waals surface area contributed by atoms with Gasteiger partial charge in [-0.15, -0.1) is 11.3 Å². The molecule has 0 aliphatic carbocycles. The van der Waals surface area contributed by atoms with E-state index in [1.165, 1.54) is 125 Å². The van der Waals surface area contributed by atoms with Crippen molar-refractivity contribution in [3.8, 4) is 11.1 Å². The Bertz CT molecular complexity index is 3530. The molecular formula is C58H55BN2S. The molecule has 0 fully saturated rings. The van der Waals surface area contributed by atoms with E-state index in [0.29, 0.717) is 0 Å². The van der Waals surface area contributed by atoms with E-state index < -0.39 is 0 Å². The lowest BCUT2D eigenvalue weighted by Gasteiger charge is -2.41. The van der Waals surface area contributed by atoms with Crippen LogP contribution >= 0.6 is 11.3 Å². The summed E-state index contributed by atoms with van der Waals surface area (Å²) >= 11 is 1.95. The zero-order chi connectivity index (χ0) is 43.2. The first kappa shape index (κ1) is 38.1. The number of anilines is 3. The summed E-state index contributed by atoms with van der Waals surface area (Å²) in [6, 6.07) is 45.9. The highest BCUT2D eigenvalue weighted by molar-refractivity contribution is 7.26. The quantitative estimate of drug-likeness (QED) is 0.118. The van der Waals surface area contributed by atoms with Crippen LogP contribution in [0.4, 0.5) is 16.4 Å². The molecule has 0 N–H and O–H groups in total. The van der Waals surface area contributed by atoms with Crippen molar-refractivity contribution >= 4 is 110 Å². The fourth-order valence-electron chi connectivity index (χ4n) is 11.1. The van der Waals surface area contributed by atoms with Crippen molar-refractivity contribution in [2.75, 3.05) is 4.90 Å². The molecule has 0 saturated heterocycles. The Morgan fingerprint density at radius 2 is 1.06 bits per heavy atom. The third-order valence-corrected chi connectivity index (χ3v) is 15.7. The maximum Gasteiger partial charge on any atom is 0.334 e. The van der Waals surface area contributed by atoms with Gasteiger partial charge in [-0.3, -0.25) is 0 Å². The van der Waals surface area contributed by atoms with Crippen LogP contribution in [0.3, 0.4) is 0 Å². The Hall–Kier alpha value is -5.58. The second kappa shape index (κ2) is 12.1. The number of hydrogen-bond acceptors (Lipinski definition) is 2. The second-order valence-electron chi connectivity index (χ2n) is 22.7. The van der Waals surface area contributed by atoms with E-state index in [-0.39, 0.29) is 28.5 Å². The van der Waals surface area contributed by atoms with Gasteiger partial charge in [0, 0.05) is 48.5 Å². The molecule has 0 amide bonds. The third-order valence-electron chi connectivity index (χ3n) is 14.5. The lowest BCUT2D eigenvalue weighted by Crippen LogP contribution is -2.56. The minimum atomic E-state index is -0.0532. The lowest BCUT2D eigenvalue weighted by molar-refractivity contribution is 0.590. The molecule has 2 nitrogen and oxygen atoms in total. The van der Waals surface area contributed by atoms with Crippen LogP contribution in [0.1, 0.15) is 105 Å². The molecular weight excluding hydrogens is 768 g/mol. The average Bonchev–Trinajstić information content (AvgIpc) is 3.76. The maximum absolute atomic E-state index is 2.77. The number of aromatic nitrogens is 1. The number of thiophene rings is 1. The van der Waals surface area contributed by atoms with E-state index in [1.54, 1.807) is 0 Å². The van der Waals surface area contributed by atoms with Crippen LogP contribution in [0.2, 0.25) is 0 Å². The molecule has 10 aromatic rings. The molecule has 8 aromatic carbocycles. The summed E-state index contributed by atoms with van der Waals surface area (Å²) in [6.07, 6.45) is 0. The largest absolute Gasteiger partial charge is 0.375 e. The van der Waals surface area contributed by atoms with Gasteiger partial charge in [-0.2, -0.15) is 0 Å². The van der Waals surface area contributed by atoms with E-state index in [4.69, 9.17) is 0 Å². The van der Waals surface area contributed by atoms with Crippen molar-refractivity contribution in [1.29, 1.82) is 0 Å². The first-order valence-electron chi connectivity index (χ1n) is 22.6. The van der Waals surface area contributed by atoms with Crippen molar-refractivity contribution in [2.24, 2.45) is 0 Å². The van der Waals surface area contributed by atoms with Crippen molar-refractivity contribution in [3.63, 3.8) is 0 Å². The molecule has 0 bridgehead atoms. The minimum Gasteiger partial charge on any atom is -0.375 e. The smallest absolute Gasteiger partial charge is 0.334 e. The standard InChI is InChI=1S/C58H55BN2S/c1-55(2,3)34-19-22-38(23-20-34)60-53-41-25-18-33-28-36(57(7,8)9)27-32-17-24-40(48(41)47(32)33)49-44-31-37(58(10,11)12)30-43-42-29-35(56(4,5)6)21-26-45(42)61(52(43)44)59(51(49)53)50-39-15-13-14-16-46(39)62-54(50)60/h13-31H,1-12H3. The molecule has 0 unspecified atom stereocenters. The molecule has 0 saturated carbocycles. The van der Waals surface area contributed by atoms with Gasteiger partial charge in [0.05, 0.1) is 10.7 Å². The zero-order valence-corrected chi connectivity index (χ0v) is 39.2. The van der Waals surface area contributed by atoms with Gasteiger partial charge in [0.25, 0.3) is 0 Å². The summed E-state index contributed by atoms with van der Waals surface area (Å²) in [4.78, 5) is 2.67. The Morgan fingerprint density at radius 3 is 1.73 bits per heavy atom.